The van der Waals surface area contributed by atoms with Crippen molar-refractivity contribution in [2.24, 2.45) is 17.4 Å². The number of hydrogen-bond donors (Lipinski definition) is 3. The van der Waals surface area contributed by atoms with Gasteiger partial charge in [-0.25, -0.2) is 0 Å². The van der Waals surface area contributed by atoms with E-state index in [-0.39, 0.29) is 17.9 Å². The second-order valence-corrected chi connectivity index (χ2v) is 3.01. The first-order chi connectivity index (χ1) is 5.63. The maximum absolute atomic E-state index is 10.9. The number of nitrogens with two attached hydrogens (primary N) is 2. The minimum atomic E-state index is -0.294. The molecule has 4 nitrogen and oxygen atoms in total. The van der Waals surface area contributed by atoms with Gasteiger partial charge in [0.25, 0.3) is 0 Å². The Balaban J connectivity index is 3.94. The summed E-state index contributed by atoms with van der Waals surface area (Å²) in [6.45, 7) is 5.20. The SMILES string of the molecule is CCC(C)C(NCCN)C(N)=O. The lowest BCUT2D eigenvalue weighted by molar-refractivity contribution is -0.121. The highest BCUT2D eigenvalue weighted by molar-refractivity contribution is 5.80. The zero-order valence-corrected chi connectivity index (χ0v) is 7.84. The standard InChI is InChI=1S/C8H19N3O/c1-3-6(2)7(8(10)12)11-5-4-9/h6-7,11H,3-5,9H2,1-2H3,(H2,10,12). The average molecular weight is 173 g/mol. The molecular formula is C8H19N3O. The Morgan fingerprint density at radius 2 is 2.17 bits per heavy atom. The molecule has 0 aromatic heterocycles. The van der Waals surface area contributed by atoms with Gasteiger partial charge in [0.05, 0.1) is 6.04 Å². The second kappa shape index (κ2) is 5.97. The molecule has 0 heterocycles. The second-order valence-electron chi connectivity index (χ2n) is 3.01. The first-order valence-corrected chi connectivity index (χ1v) is 4.36. The van der Waals surface area contributed by atoms with Gasteiger partial charge in [0, 0.05) is 13.1 Å². The number of nitrogens with one attached hydrogen (secondary N) is 1. The Bertz CT molecular complexity index is 138. The van der Waals surface area contributed by atoms with Crippen molar-refractivity contribution in [2.75, 3.05) is 13.1 Å². The Morgan fingerprint density at radius 3 is 2.50 bits per heavy atom. The molecule has 0 saturated heterocycles. The van der Waals surface area contributed by atoms with E-state index < -0.39 is 0 Å². The smallest absolute Gasteiger partial charge is 0.234 e. The first-order valence-electron chi connectivity index (χ1n) is 4.36. The number of hydrogen-bond acceptors (Lipinski definition) is 3. The van der Waals surface area contributed by atoms with Crippen molar-refractivity contribution in [2.45, 2.75) is 26.3 Å². The predicted molar refractivity (Wildman–Crippen MR) is 49.5 cm³/mol. The van der Waals surface area contributed by atoms with Crippen LogP contribution >= 0.6 is 0 Å². The van der Waals surface area contributed by atoms with Crippen LogP contribution in [0, 0.1) is 5.92 Å². The molecular weight excluding hydrogens is 154 g/mol. The normalized spacial score (nSPS) is 15.6. The minimum absolute atomic E-state index is 0.237. The van der Waals surface area contributed by atoms with E-state index in [4.69, 9.17) is 11.5 Å². The van der Waals surface area contributed by atoms with Crippen LogP contribution in [0.2, 0.25) is 0 Å². The van der Waals surface area contributed by atoms with Crippen LogP contribution in [0.5, 0.6) is 0 Å². The first kappa shape index (κ1) is 11.4. The lowest BCUT2D eigenvalue weighted by Crippen LogP contribution is -2.47. The molecule has 0 rings (SSSR count). The van der Waals surface area contributed by atoms with Crippen molar-refractivity contribution in [1.82, 2.24) is 5.32 Å². The monoisotopic (exact) mass is 173 g/mol. The molecule has 0 aliphatic carbocycles. The number of carbonyl (C=O) groups is 1. The van der Waals surface area contributed by atoms with E-state index in [0.717, 1.165) is 6.42 Å². The maximum atomic E-state index is 10.9. The van der Waals surface area contributed by atoms with Gasteiger partial charge < -0.3 is 16.8 Å². The number of amides is 1. The van der Waals surface area contributed by atoms with Gasteiger partial charge in [-0.3, -0.25) is 4.79 Å². The van der Waals surface area contributed by atoms with Crippen LogP contribution < -0.4 is 16.8 Å². The van der Waals surface area contributed by atoms with Gasteiger partial charge in [0.15, 0.2) is 0 Å². The van der Waals surface area contributed by atoms with E-state index in [0.29, 0.717) is 13.1 Å². The van der Waals surface area contributed by atoms with Crippen molar-refractivity contribution in [3.63, 3.8) is 0 Å². The summed E-state index contributed by atoms with van der Waals surface area (Å²) in [5, 5.41) is 3.02. The summed E-state index contributed by atoms with van der Waals surface area (Å²) in [5.74, 6) is -0.0214. The highest BCUT2D eigenvalue weighted by Crippen LogP contribution is 2.06. The Morgan fingerprint density at radius 1 is 1.58 bits per heavy atom. The van der Waals surface area contributed by atoms with E-state index in [2.05, 4.69) is 5.32 Å². The van der Waals surface area contributed by atoms with Crippen LogP contribution in [-0.4, -0.2) is 25.0 Å². The molecule has 0 fully saturated rings. The molecule has 0 aromatic rings. The topological polar surface area (TPSA) is 81.1 Å². The Kier molecular flexibility index (Phi) is 5.66. The molecule has 0 bridgehead atoms. The molecule has 72 valence electrons. The summed E-state index contributed by atoms with van der Waals surface area (Å²) < 4.78 is 0. The molecule has 4 heteroatoms. The summed E-state index contributed by atoms with van der Waals surface area (Å²) >= 11 is 0. The zero-order valence-electron chi connectivity index (χ0n) is 7.84. The molecule has 0 saturated carbocycles. The van der Waals surface area contributed by atoms with Gasteiger partial charge in [-0.05, 0) is 5.92 Å². The highest BCUT2D eigenvalue weighted by Gasteiger charge is 2.19. The summed E-state index contributed by atoms with van der Waals surface area (Å²) in [4.78, 5) is 10.9. The van der Waals surface area contributed by atoms with Gasteiger partial charge in [-0.15, -0.1) is 0 Å². The van der Waals surface area contributed by atoms with Crippen LogP contribution in [0.15, 0.2) is 0 Å². The molecule has 5 N–H and O–H groups in total. The summed E-state index contributed by atoms with van der Waals surface area (Å²) in [5.41, 5.74) is 10.5. The molecule has 0 aromatic carbocycles. The van der Waals surface area contributed by atoms with Gasteiger partial charge in [-0.1, -0.05) is 20.3 Å². The molecule has 2 unspecified atom stereocenters. The Labute approximate surface area is 73.7 Å². The zero-order chi connectivity index (χ0) is 9.56. The van der Waals surface area contributed by atoms with E-state index in [1.165, 1.54) is 0 Å². The fourth-order valence-electron chi connectivity index (χ4n) is 1.06. The van der Waals surface area contributed by atoms with Crippen LogP contribution in [0.1, 0.15) is 20.3 Å². The van der Waals surface area contributed by atoms with Crippen LogP contribution in [0.25, 0.3) is 0 Å². The molecule has 1 amide bonds. The summed E-state index contributed by atoms with van der Waals surface area (Å²) in [7, 11) is 0. The lowest BCUT2D eigenvalue weighted by atomic mass is 9.99. The maximum Gasteiger partial charge on any atom is 0.234 e. The fourth-order valence-corrected chi connectivity index (χ4v) is 1.06. The van der Waals surface area contributed by atoms with Crippen molar-refractivity contribution in [3.05, 3.63) is 0 Å². The van der Waals surface area contributed by atoms with Crippen LogP contribution in [0.3, 0.4) is 0 Å². The summed E-state index contributed by atoms with van der Waals surface area (Å²) in [6, 6.07) is -0.237. The number of carbonyl (C=O) groups excluding carboxylic acids is 1. The van der Waals surface area contributed by atoms with Crippen molar-refractivity contribution >= 4 is 5.91 Å². The molecule has 0 radical (unpaired) electrons. The van der Waals surface area contributed by atoms with Crippen molar-refractivity contribution in [1.29, 1.82) is 0 Å². The van der Waals surface area contributed by atoms with Gasteiger partial charge in [0.2, 0.25) is 5.91 Å². The largest absolute Gasteiger partial charge is 0.368 e. The van der Waals surface area contributed by atoms with Crippen molar-refractivity contribution < 1.29 is 4.79 Å². The molecule has 0 spiro atoms. The van der Waals surface area contributed by atoms with Crippen molar-refractivity contribution in [3.8, 4) is 0 Å². The van der Waals surface area contributed by atoms with E-state index >= 15 is 0 Å². The third kappa shape index (κ3) is 3.69. The number of primary amides is 1. The average Bonchev–Trinajstić information content (AvgIpc) is 2.04. The van der Waals surface area contributed by atoms with E-state index in [9.17, 15) is 4.79 Å². The molecule has 12 heavy (non-hydrogen) atoms. The predicted octanol–water partition coefficient (Wildman–Crippen LogP) is -0.565. The quantitative estimate of drug-likeness (QED) is 0.503. The number of rotatable bonds is 6. The van der Waals surface area contributed by atoms with Gasteiger partial charge in [-0.2, -0.15) is 0 Å². The summed E-state index contributed by atoms with van der Waals surface area (Å²) in [6.07, 6.45) is 0.936. The Hall–Kier alpha value is -0.610. The molecule has 0 aliphatic heterocycles. The van der Waals surface area contributed by atoms with Gasteiger partial charge in [0.1, 0.15) is 0 Å². The third-order valence-corrected chi connectivity index (χ3v) is 2.03. The molecule has 0 aliphatic rings. The third-order valence-electron chi connectivity index (χ3n) is 2.03. The lowest BCUT2D eigenvalue weighted by Gasteiger charge is -2.20. The van der Waals surface area contributed by atoms with E-state index in [1.807, 2.05) is 13.8 Å². The van der Waals surface area contributed by atoms with E-state index in [1.54, 1.807) is 0 Å². The van der Waals surface area contributed by atoms with Gasteiger partial charge >= 0.3 is 0 Å². The molecule has 2 atom stereocenters. The minimum Gasteiger partial charge on any atom is -0.368 e. The fraction of sp³-hybridized carbons (Fsp3) is 0.875. The highest BCUT2D eigenvalue weighted by atomic mass is 16.1. The van der Waals surface area contributed by atoms with Crippen LogP contribution in [0.4, 0.5) is 0 Å². The van der Waals surface area contributed by atoms with Crippen LogP contribution in [-0.2, 0) is 4.79 Å².